The van der Waals surface area contributed by atoms with Crippen molar-refractivity contribution >= 4 is 21.9 Å². The molecule has 1 rings (SSSR count). The van der Waals surface area contributed by atoms with E-state index >= 15 is 0 Å². The summed E-state index contributed by atoms with van der Waals surface area (Å²) in [5.41, 5.74) is 1.22. The summed E-state index contributed by atoms with van der Waals surface area (Å²) in [7, 11) is 7.55. The lowest BCUT2D eigenvalue weighted by molar-refractivity contribution is 0.0698. The van der Waals surface area contributed by atoms with Gasteiger partial charge in [-0.05, 0) is 28.4 Å². The van der Waals surface area contributed by atoms with Gasteiger partial charge in [-0.1, -0.05) is 0 Å². The van der Waals surface area contributed by atoms with Gasteiger partial charge in [-0.25, -0.2) is 0 Å². The summed E-state index contributed by atoms with van der Waals surface area (Å²) in [5.74, 6) is 0.884. The van der Waals surface area contributed by atoms with E-state index in [9.17, 15) is 0 Å². The normalized spacial score (nSPS) is 11.8. The third-order valence-corrected chi connectivity index (χ3v) is 3.66. The topological polar surface area (TPSA) is 51.0 Å². The van der Waals surface area contributed by atoms with Crippen LogP contribution in [0.4, 0.5) is 0 Å². The zero-order chi connectivity index (χ0) is 16.4. The van der Waals surface area contributed by atoms with Crippen molar-refractivity contribution in [1.82, 2.24) is 14.8 Å². The van der Waals surface area contributed by atoms with Gasteiger partial charge in [0.1, 0.15) is 0 Å². The summed E-state index contributed by atoms with van der Waals surface area (Å²) in [6.45, 7) is 3.65. The molecule has 0 atom stereocenters. The Balaban J connectivity index is 2.30. The summed E-state index contributed by atoms with van der Waals surface area (Å²) in [6.07, 6.45) is 2.99. The average molecular weight is 375 g/mol. The van der Waals surface area contributed by atoms with E-state index in [0.717, 1.165) is 36.5 Å². The number of guanidine groups is 1. The van der Waals surface area contributed by atoms with Crippen LogP contribution in [-0.2, 0) is 23.1 Å². The fourth-order valence-electron chi connectivity index (χ4n) is 2.04. The monoisotopic (exact) mass is 374 g/mol. The van der Waals surface area contributed by atoms with E-state index in [4.69, 9.17) is 9.47 Å². The van der Waals surface area contributed by atoms with Gasteiger partial charge >= 0.3 is 0 Å². The van der Waals surface area contributed by atoms with Crippen molar-refractivity contribution in [3.05, 3.63) is 22.4 Å². The molecule has 0 spiro atoms. The highest BCUT2D eigenvalue weighted by atomic mass is 79.9. The Bertz CT molecular complexity index is 462. The second-order valence-electron chi connectivity index (χ2n) is 5.05. The maximum atomic E-state index is 5.44. The number of aromatic nitrogens is 1. The average Bonchev–Trinajstić information content (AvgIpc) is 2.79. The molecule has 0 amide bonds. The van der Waals surface area contributed by atoms with Crippen LogP contribution in [0.5, 0.6) is 0 Å². The van der Waals surface area contributed by atoms with Crippen LogP contribution < -0.4 is 5.32 Å². The third-order valence-electron chi connectivity index (χ3n) is 3.23. The molecule has 7 heteroatoms. The van der Waals surface area contributed by atoms with E-state index in [0.29, 0.717) is 13.2 Å². The van der Waals surface area contributed by atoms with E-state index in [1.54, 1.807) is 14.2 Å². The minimum Gasteiger partial charge on any atom is -0.382 e. The molecule has 22 heavy (non-hydrogen) atoms. The smallest absolute Gasteiger partial charge is 0.193 e. The first-order chi connectivity index (χ1) is 10.6. The third kappa shape index (κ3) is 6.81. The highest BCUT2D eigenvalue weighted by molar-refractivity contribution is 9.10. The molecule has 0 bridgehead atoms. The van der Waals surface area contributed by atoms with Crippen LogP contribution in [0.25, 0.3) is 0 Å². The number of nitrogens with one attached hydrogen (secondary N) is 1. The van der Waals surface area contributed by atoms with Crippen molar-refractivity contribution in [3.8, 4) is 0 Å². The Morgan fingerprint density at radius 3 is 2.77 bits per heavy atom. The number of nitrogens with zero attached hydrogens (tertiary/aromatic N) is 3. The van der Waals surface area contributed by atoms with Gasteiger partial charge in [-0.2, -0.15) is 0 Å². The number of rotatable bonds is 9. The molecule has 126 valence electrons. The number of ether oxygens (including phenoxy) is 2. The van der Waals surface area contributed by atoms with Gasteiger partial charge in [0, 0.05) is 57.8 Å². The lowest BCUT2D eigenvalue weighted by Gasteiger charge is -2.22. The van der Waals surface area contributed by atoms with Gasteiger partial charge in [0.15, 0.2) is 5.96 Å². The Kier molecular flexibility index (Phi) is 9.19. The molecule has 0 radical (unpaired) electrons. The molecule has 1 N–H and O–H groups in total. The minimum absolute atomic E-state index is 0.643. The number of aliphatic imine (C=N–C) groups is 1. The molecule has 0 unspecified atom stereocenters. The van der Waals surface area contributed by atoms with E-state index < -0.39 is 0 Å². The first kappa shape index (κ1) is 19.0. The van der Waals surface area contributed by atoms with Crippen molar-refractivity contribution in [1.29, 1.82) is 0 Å². The van der Waals surface area contributed by atoms with Gasteiger partial charge in [-0.3, -0.25) is 4.99 Å². The quantitative estimate of drug-likeness (QED) is 0.407. The van der Waals surface area contributed by atoms with Crippen molar-refractivity contribution in [2.75, 3.05) is 47.6 Å². The van der Waals surface area contributed by atoms with Crippen LogP contribution in [-0.4, -0.2) is 63.0 Å². The Hall–Kier alpha value is -1.05. The Morgan fingerprint density at radius 1 is 1.41 bits per heavy atom. The molecule has 1 aromatic heterocycles. The largest absolute Gasteiger partial charge is 0.382 e. The zero-order valence-electron chi connectivity index (χ0n) is 13.9. The highest BCUT2D eigenvalue weighted by Gasteiger charge is 2.09. The van der Waals surface area contributed by atoms with E-state index in [1.165, 1.54) is 5.69 Å². The first-order valence-corrected chi connectivity index (χ1v) is 8.17. The number of methoxy groups -OCH3 is 1. The highest BCUT2D eigenvalue weighted by Crippen LogP contribution is 2.14. The molecular weight excluding hydrogens is 348 g/mol. The standard InChI is InChI=1S/C15H27BrN4O2/c1-17-15(18-6-5-7-22-9-8-21-4)20(3)12-14-10-13(16)11-19(14)2/h10-11H,5-9,12H2,1-4H3,(H,17,18). The summed E-state index contributed by atoms with van der Waals surface area (Å²) >= 11 is 3.50. The van der Waals surface area contributed by atoms with Gasteiger partial charge in [0.05, 0.1) is 19.8 Å². The SMILES string of the molecule is CN=C(NCCCOCCOC)N(C)Cc1cc(Br)cn1C. The maximum absolute atomic E-state index is 5.44. The van der Waals surface area contributed by atoms with Gasteiger partial charge < -0.3 is 24.3 Å². The molecule has 0 aliphatic heterocycles. The molecule has 1 aromatic rings. The second kappa shape index (κ2) is 10.6. The van der Waals surface area contributed by atoms with Crippen molar-refractivity contribution < 1.29 is 9.47 Å². The summed E-state index contributed by atoms with van der Waals surface area (Å²) < 4.78 is 13.6. The van der Waals surface area contributed by atoms with E-state index in [1.807, 2.05) is 14.1 Å². The Morgan fingerprint density at radius 2 is 2.18 bits per heavy atom. The summed E-state index contributed by atoms with van der Waals surface area (Å²) in [5, 5.41) is 3.35. The van der Waals surface area contributed by atoms with Crippen LogP contribution >= 0.6 is 15.9 Å². The summed E-state index contributed by atoms with van der Waals surface area (Å²) in [4.78, 5) is 6.42. The Labute approximate surface area is 141 Å². The molecular formula is C15H27BrN4O2. The van der Waals surface area contributed by atoms with Crippen LogP contribution in [0.15, 0.2) is 21.7 Å². The molecule has 0 aromatic carbocycles. The molecule has 0 aliphatic carbocycles. The van der Waals surface area contributed by atoms with Gasteiger partial charge in [-0.15, -0.1) is 0 Å². The zero-order valence-corrected chi connectivity index (χ0v) is 15.5. The second-order valence-corrected chi connectivity index (χ2v) is 5.97. The molecule has 0 saturated heterocycles. The number of aryl methyl sites for hydroxylation is 1. The molecule has 0 aliphatic rings. The molecule has 0 saturated carbocycles. The van der Waals surface area contributed by atoms with Gasteiger partial charge in [0.25, 0.3) is 0 Å². The fraction of sp³-hybridized carbons (Fsp3) is 0.667. The van der Waals surface area contributed by atoms with Crippen molar-refractivity contribution in [2.45, 2.75) is 13.0 Å². The van der Waals surface area contributed by atoms with Crippen LogP contribution in [0.2, 0.25) is 0 Å². The van der Waals surface area contributed by atoms with Crippen LogP contribution in [0.1, 0.15) is 12.1 Å². The molecule has 1 heterocycles. The van der Waals surface area contributed by atoms with Gasteiger partial charge in [0.2, 0.25) is 0 Å². The number of hydrogen-bond donors (Lipinski definition) is 1. The molecule has 6 nitrogen and oxygen atoms in total. The number of hydrogen-bond acceptors (Lipinski definition) is 3. The van der Waals surface area contributed by atoms with Crippen molar-refractivity contribution in [2.24, 2.45) is 12.0 Å². The lowest BCUT2D eigenvalue weighted by atomic mass is 10.4. The molecule has 0 fully saturated rings. The maximum Gasteiger partial charge on any atom is 0.193 e. The van der Waals surface area contributed by atoms with Crippen LogP contribution in [0.3, 0.4) is 0 Å². The predicted molar refractivity (Wildman–Crippen MR) is 93.3 cm³/mol. The summed E-state index contributed by atoms with van der Waals surface area (Å²) in [6, 6.07) is 2.12. The fourth-order valence-corrected chi connectivity index (χ4v) is 2.62. The lowest BCUT2D eigenvalue weighted by Crippen LogP contribution is -2.39. The van der Waals surface area contributed by atoms with E-state index in [-0.39, 0.29) is 0 Å². The number of halogens is 1. The van der Waals surface area contributed by atoms with E-state index in [2.05, 4.69) is 48.0 Å². The predicted octanol–water partition coefficient (Wildman–Crippen LogP) is 1.85. The minimum atomic E-state index is 0.643. The van der Waals surface area contributed by atoms with Crippen molar-refractivity contribution in [3.63, 3.8) is 0 Å². The van der Waals surface area contributed by atoms with Crippen LogP contribution in [0, 0.1) is 0 Å². The first-order valence-electron chi connectivity index (χ1n) is 7.37.